The molecule has 1 unspecified atom stereocenters. The molecular formula is C12H9Cl2N3. The van der Waals surface area contributed by atoms with Gasteiger partial charge < -0.3 is 0 Å². The molecule has 1 aliphatic carbocycles. The summed E-state index contributed by atoms with van der Waals surface area (Å²) < 4.78 is 0. The maximum atomic E-state index is 6.08. The highest BCUT2D eigenvalue weighted by molar-refractivity contribution is 6.31. The van der Waals surface area contributed by atoms with Crippen LogP contribution in [0.3, 0.4) is 0 Å². The third kappa shape index (κ3) is 1.90. The number of aryl methyl sites for hydroxylation is 1. The van der Waals surface area contributed by atoms with Crippen molar-refractivity contribution in [3.63, 3.8) is 0 Å². The molecule has 2 aromatic rings. The van der Waals surface area contributed by atoms with E-state index in [9.17, 15) is 0 Å². The average molecular weight is 266 g/mol. The highest BCUT2D eigenvalue weighted by Crippen LogP contribution is 2.39. The van der Waals surface area contributed by atoms with E-state index >= 15 is 0 Å². The lowest BCUT2D eigenvalue weighted by Crippen LogP contribution is -2.02. The number of fused-ring (bicyclic) bond motifs is 1. The molecule has 0 spiro atoms. The molecule has 3 nitrogen and oxygen atoms in total. The molecule has 0 aliphatic heterocycles. The normalized spacial score (nSPS) is 18.1. The van der Waals surface area contributed by atoms with E-state index in [2.05, 4.69) is 21.2 Å². The second-order valence-corrected chi connectivity index (χ2v) is 4.80. The monoisotopic (exact) mass is 265 g/mol. The van der Waals surface area contributed by atoms with Gasteiger partial charge in [-0.05, 0) is 30.5 Å². The molecule has 3 rings (SSSR count). The Balaban J connectivity index is 2.10. The van der Waals surface area contributed by atoms with Gasteiger partial charge in [-0.1, -0.05) is 29.3 Å². The Morgan fingerprint density at radius 3 is 3.00 bits per heavy atom. The van der Waals surface area contributed by atoms with Crippen molar-refractivity contribution >= 4 is 23.2 Å². The Hall–Kier alpha value is -1.19. The number of halogens is 2. The van der Waals surface area contributed by atoms with E-state index < -0.39 is 0 Å². The Kier molecular flexibility index (Phi) is 2.73. The van der Waals surface area contributed by atoms with Gasteiger partial charge in [-0.25, -0.2) is 0 Å². The Morgan fingerprint density at radius 2 is 2.12 bits per heavy atom. The zero-order valence-corrected chi connectivity index (χ0v) is 10.4. The molecule has 0 fully saturated rings. The molecule has 0 radical (unpaired) electrons. The van der Waals surface area contributed by atoms with Gasteiger partial charge in [0.15, 0.2) is 10.3 Å². The maximum Gasteiger partial charge on any atom is 0.155 e. The molecule has 0 bridgehead atoms. The van der Waals surface area contributed by atoms with Crippen molar-refractivity contribution in [2.24, 2.45) is 0 Å². The number of hydrogen-bond donors (Lipinski definition) is 0. The quantitative estimate of drug-likeness (QED) is 0.795. The molecule has 2 heterocycles. The summed E-state index contributed by atoms with van der Waals surface area (Å²) in [7, 11) is 0. The summed E-state index contributed by atoms with van der Waals surface area (Å²) in [5.41, 5.74) is 3.28. The van der Waals surface area contributed by atoms with Crippen molar-refractivity contribution < 1.29 is 0 Å². The van der Waals surface area contributed by atoms with Crippen LogP contribution in [-0.4, -0.2) is 15.2 Å². The minimum atomic E-state index is 0.187. The van der Waals surface area contributed by atoms with E-state index in [4.69, 9.17) is 23.2 Å². The van der Waals surface area contributed by atoms with Crippen molar-refractivity contribution in [3.8, 4) is 0 Å². The molecule has 0 aromatic carbocycles. The summed E-state index contributed by atoms with van der Waals surface area (Å²) in [6, 6.07) is 5.85. The van der Waals surface area contributed by atoms with Crippen LogP contribution >= 0.6 is 23.2 Å². The number of rotatable bonds is 1. The topological polar surface area (TPSA) is 38.7 Å². The third-order valence-electron chi connectivity index (χ3n) is 3.08. The number of nitrogens with zero attached hydrogens (tertiary/aromatic N) is 3. The smallest absolute Gasteiger partial charge is 0.155 e. The van der Waals surface area contributed by atoms with E-state index in [0.717, 1.165) is 24.1 Å². The van der Waals surface area contributed by atoms with Crippen molar-refractivity contribution in [3.05, 3.63) is 51.5 Å². The van der Waals surface area contributed by atoms with Gasteiger partial charge in [-0.15, -0.1) is 10.2 Å². The Morgan fingerprint density at radius 1 is 1.24 bits per heavy atom. The van der Waals surface area contributed by atoms with Gasteiger partial charge >= 0.3 is 0 Å². The first-order chi connectivity index (χ1) is 8.25. The molecular weight excluding hydrogens is 257 g/mol. The summed E-state index contributed by atoms with van der Waals surface area (Å²) >= 11 is 12.0. The van der Waals surface area contributed by atoms with Crippen LogP contribution in [0.5, 0.6) is 0 Å². The van der Waals surface area contributed by atoms with Gasteiger partial charge in [0.1, 0.15) is 0 Å². The van der Waals surface area contributed by atoms with E-state index in [0.29, 0.717) is 10.3 Å². The summed E-state index contributed by atoms with van der Waals surface area (Å²) in [6.07, 6.45) is 3.82. The fraction of sp³-hybridized carbons (Fsp3) is 0.250. The number of aromatic nitrogens is 3. The maximum absolute atomic E-state index is 6.08. The molecule has 17 heavy (non-hydrogen) atoms. The highest BCUT2D eigenvalue weighted by atomic mass is 35.5. The molecule has 1 aliphatic rings. The van der Waals surface area contributed by atoms with Gasteiger partial charge in [0.05, 0.1) is 5.69 Å². The molecule has 0 saturated carbocycles. The summed E-state index contributed by atoms with van der Waals surface area (Å²) in [6.45, 7) is 0. The van der Waals surface area contributed by atoms with E-state index in [1.165, 1.54) is 5.56 Å². The second kappa shape index (κ2) is 4.24. The predicted molar refractivity (Wildman–Crippen MR) is 66.5 cm³/mol. The molecule has 5 heteroatoms. The lowest BCUT2D eigenvalue weighted by molar-refractivity contribution is 0.761. The van der Waals surface area contributed by atoms with Gasteiger partial charge in [0, 0.05) is 17.7 Å². The zero-order valence-electron chi connectivity index (χ0n) is 8.90. The van der Waals surface area contributed by atoms with E-state index in [-0.39, 0.29) is 5.92 Å². The van der Waals surface area contributed by atoms with Crippen LogP contribution in [0.25, 0.3) is 0 Å². The van der Waals surface area contributed by atoms with Crippen molar-refractivity contribution in [1.82, 2.24) is 15.2 Å². The standard InChI is InChI=1S/C12H9Cl2N3/c13-10-6-9(12(14)17-16-10)8-4-3-7-2-1-5-15-11(7)8/h1-2,5-6,8H,3-4H2. The minimum Gasteiger partial charge on any atom is -0.260 e. The van der Waals surface area contributed by atoms with Gasteiger partial charge in [-0.2, -0.15) is 0 Å². The van der Waals surface area contributed by atoms with Crippen molar-refractivity contribution in [1.29, 1.82) is 0 Å². The molecule has 2 aromatic heterocycles. The van der Waals surface area contributed by atoms with Crippen molar-refractivity contribution in [2.45, 2.75) is 18.8 Å². The van der Waals surface area contributed by atoms with Gasteiger partial charge in [0.2, 0.25) is 0 Å². The molecule has 86 valence electrons. The average Bonchev–Trinajstić information content (AvgIpc) is 2.76. The first-order valence-electron chi connectivity index (χ1n) is 5.38. The Bertz CT molecular complexity index is 571. The highest BCUT2D eigenvalue weighted by Gasteiger charge is 2.27. The first-order valence-corrected chi connectivity index (χ1v) is 6.13. The van der Waals surface area contributed by atoms with Gasteiger partial charge in [0.25, 0.3) is 0 Å². The number of hydrogen-bond acceptors (Lipinski definition) is 3. The molecule has 0 saturated heterocycles. The number of pyridine rings is 1. The first kappa shape index (κ1) is 10.9. The van der Waals surface area contributed by atoms with Crippen LogP contribution in [0.4, 0.5) is 0 Å². The van der Waals surface area contributed by atoms with Crippen LogP contribution in [0.1, 0.15) is 29.2 Å². The Labute approximate surface area is 109 Å². The fourth-order valence-electron chi connectivity index (χ4n) is 2.33. The van der Waals surface area contributed by atoms with Crippen LogP contribution < -0.4 is 0 Å². The van der Waals surface area contributed by atoms with E-state index in [1.54, 1.807) is 12.3 Å². The third-order valence-corrected chi connectivity index (χ3v) is 3.56. The fourth-order valence-corrected chi connectivity index (χ4v) is 2.71. The van der Waals surface area contributed by atoms with Crippen LogP contribution in [0, 0.1) is 0 Å². The summed E-state index contributed by atoms with van der Waals surface area (Å²) in [5.74, 6) is 0.187. The predicted octanol–water partition coefficient (Wildman–Crippen LogP) is 3.26. The van der Waals surface area contributed by atoms with Crippen LogP contribution in [0.15, 0.2) is 24.4 Å². The lowest BCUT2D eigenvalue weighted by atomic mass is 9.99. The summed E-state index contributed by atoms with van der Waals surface area (Å²) in [5, 5.41) is 8.37. The molecule has 0 N–H and O–H groups in total. The molecule has 1 atom stereocenters. The minimum absolute atomic E-state index is 0.187. The zero-order chi connectivity index (χ0) is 11.8. The van der Waals surface area contributed by atoms with Crippen molar-refractivity contribution in [2.75, 3.05) is 0 Å². The van der Waals surface area contributed by atoms with Gasteiger partial charge in [-0.3, -0.25) is 4.98 Å². The second-order valence-electron chi connectivity index (χ2n) is 4.05. The molecule has 0 amide bonds. The lowest BCUT2D eigenvalue weighted by Gasteiger charge is -2.11. The van der Waals surface area contributed by atoms with Crippen LogP contribution in [0.2, 0.25) is 10.3 Å². The summed E-state index contributed by atoms with van der Waals surface area (Å²) in [4.78, 5) is 4.44. The van der Waals surface area contributed by atoms with E-state index in [1.807, 2.05) is 6.07 Å². The largest absolute Gasteiger partial charge is 0.260 e. The van der Waals surface area contributed by atoms with Crippen LogP contribution in [-0.2, 0) is 6.42 Å². The SMILES string of the molecule is Clc1cc(C2CCc3cccnc32)c(Cl)nn1.